The van der Waals surface area contributed by atoms with Gasteiger partial charge in [-0.2, -0.15) is 0 Å². The van der Waals surface area contributed by atoms with Crippen molar-refractivity contribution in [2.24, 2.45) is 0 Å². The van der Waals surface area contributed by atoms with Crippen LogP contribution in [0.4, 0.5) is 11.4 Å². The molecular formula is C22H22Cl2N4OS2. The van der Waals surface area contributed by atoms with Gasteiger partial charge in [-0.3, -0.25) is 4.79 Å². The minimum Gasteiger partial charge on any atom is -0.366 e. The Hall–Kier alpha value is -1.77. The number of nitrogens with zero attached hydrogens (tertiary/aromatic N) is 3. The third kappa shape index (κ3) is 5.73. The molecule has 1 fully saturated rings. The van der Waals surface area contributed by atoms with Gasteiger partial charge >= 0.3 is 0 Å². The number of hydrogen-bond donors (Lipinski definition) is 1. The number of aromatic nitrogens is 1. The lowest BCUT2D eigenvalue weighted by molar-refractivity contribution is -0.113. The molecule has 0 bridgehead atoms. The van der Waals surface area contributed by atoms with Crippen molar-refractivity contribution >= 4 is 63.6 Å². The molecule has 2 heterocycles. The molecule has 0 atom stereocenters. The SMILES string of the molecule is CN1CCN(c2c(Cl)cccc2NC(=O)CSc2nc(-c3ccc(Cl)cc3)cs2)CC1. The highest BCUT2D eigenvalue weighted by atomic mass is 35.5. The van der Waals surface area contributed by atoms with Crippen LogP contribution in [-0.4, -0.2) is 54.8 Å². The van der Waals surface area contributed by atoms with Crippen molar-refractivity contribution < 1.29 is 4.79 Å². The van der Waals surface area contributed by atoms with Crippen LogP contribution >= 0.6 is 46.3 Å². The second kappa shape index (κ2) is 10.2. The van der Waals surface area contributed by atoms with Crippen LogP contribution in [0.15, 0.2) is 52.2 Å². The topological polar surface area (TPSA) is 48.5 Å². The molecule has 1 aromatic heterocycles. The summed E-state index contributed by atoms with van der Waals surface area (Å²) in [4.78, 5) is 21.8. The fourth-order valence-corrected chi connectivity index (χ4v) is 5.41. The van der Waals surface area contributed by atoms with E-state index < -0.39 is 0 Å². The number of rotatable bonds is 6. The first-order chi connectivity index (χ1) is 15.0. The number of hydrogen-bond acceptors (Lipinski definition) is 6. The summed E-state index contributed by atoms with van der Waals surface area (Å²) < 4.78 is 0.852. The molecule has 0 spiro atoms. The molecule has 1 amide bonds. The zero-order chi connectivity index (χ0) is 21.8. The van der Waals surface area contributed by atoms with Crippen LogP contribution in [0.2, 0.25) is 10.0 Å². The molecular weight excluding hydrogens is 471 g/mol. The van der Waals surface area contributed by atoms with E-state index in [0.29, 0.717) is 10.0 Å². The summed E-state index contributed by atoms with van der Waals surface area (Å²) in [6, 6.07) is 13.2. The first-order valence-corrected chi connectivity index (χ1v) is 12.5. The largest absolute Gasteiger partial charge is 0.366 e. The lowest BCUT2D eigenvalue weighted by Crippen LogP contribution is -2.44. The number of likely N-dealkylation sites (N-methyl/N-ethyl adjacent to an activating group) is 1. The molecule has 5 nitrogen and oxygen atoms in total. The first-order valence-electron chi connectivity index (χ1n) is 9.86. The standard InChI is InChI=1S/C22H22Cl2N4OS2/c1-27-9-11-28(12-10-27)21-17(24)3-2-4-18(21)25-20(29)14-31-22-26-19(13-30-22)15-5-7-16(23)8-6-15/h2-8,13H,9-12,14H2,1H3,(H,25,29). The predicted octanol–water partition coefficient (Wildman–Crippen LogP) is 5.60. The summed E-state index contributed by atoms with van der Waals surface area (Å²) in [6.07, 6.45) is 0. The van der Waals surface area contributed by atoms with Crippen LogP contribution in [0.1, 0.15) is 0 Å². The van der Waals surface area contributed by atoms with Crippen molar-refractivity contribution in [3.63, 3.8) is 0 Å². The zero-order valence-corrected chi connectivity index (χ0v) is 20.1. The Kier molecular flexibility index (Phi) is 7.40. The van der Waals surface area contributed by atoms with E-state index in [1.807, 2.05) is 47.8 Å². The Morgan fingerprint density at radius 1 is 1.13 bits per heavy atom. The summed E-state index contributed by atoms with van der Waals surface area (Å²) in [5, 5.41) is 6.38. The molecule has 1 saturated heterocycles. The second-order valence-corrected chi connectivity index (χ2v) is 10.2. The van der Waals surface area contributed by atoms with Gasteiger partial charge in [0.05, 0.1) is 27.8 Å². The average molecular weight is 493 g/mol. The van der Waals surface area contributed by atoms with E-state index in [2.05, 4.69) is 27.1 Å². The number of para-hydroxylation sites is 1. The third-order valence-electron chi connectivity index (χ3n) is 5.03. The maximum atomic E-state index is 12.7. The smallest absolute Gasteiger partial charge is 0.234 e. The number of piperazine rings is 1. The van der Waals surface area contributed by atoms with Gasteiger partial charge in [0.15, 0.2) is 4.34 Å². The fraction of sp³-hybridized carbons (Fsp3) is 0.273. The van der Waals surface area contributed by atoms with Gasteiger partial charge < -0.3 is 15.1 Å². The highest BCUT2D eigenvalue weighted by molar-refractivity contribution is 8.01. The lowest BCUT2D eigenvalue weighted by Gasteiger charge is -2.35. The van der Waals surface area contributed by atoms with Gasteiger partial charge in [0.25, 0.3) is 0 Å². The highest BCUT2D eigenvalue weighted by Gasteiger charge is 2.20. The van der Waals surface area contributed by atoms with Crippen LogP contribution in [0.25, 0.3) is 11.3 Å². The maximum absolute atomic E-state index is 12.7. The predicted molar refractivity (Wildman–Crippen MR) is 133 cm³/mol. The van der Waals surface area contributed by atoms with Crippen molar-refractivity contribution in [3.05, 3.63) is 57.9 Å². The van der Waals surface area contributed by atoms with Gasteiger partial charge in [-0.25, -0.2) is 4.98 Å². The Labute approximate surface area is 200 Å². The molecule has 1 aliphatic heterocycles. The van der Waals surface area contributed by atoms with Crippen LogP contribution in [0.5, 0.6) is 0 Å². The van der Waals surface area contributed by atoms with Gasteiger partial charge in [0, 0.05) is 42.1 Å². The molecule has 0 radical (unpaired) electrons. The van der Waals surface area contributed by atoms with Gasteiger partial charge in [0.2, 0.25) is 5.91 Å². The summed E-state index contributed by atoms with van der Waals surface area (Å²) in [5.41, 5.74) is 3.54. The molecule has 1 aliphatic rings. The van der Waals surface area contributed by atoms with E-state index in [9.17, 15) is 4.79 Å². The van der Waals surface area contributed by atoms with Gasteiger partial charge in [0.1, 0.15) is 0 Å². The van der Waals surface area contributed by atoms with E-state index in [-0.39, 0.29) is 11.7 Å². The number of anilines is 2. The average Bonchev–Trinajstić information content (AvgIpc) is 3.23. The lowest BCUT2D eigenvalue weighted by atomic mass is 10.2. The minimum atomic E-state index is -0.0779. The zero-order valence-electron chi connectivity index (χ0n) is 17.0. The fourth-order valence-electron chi connectivity index (χ4n) is 3.36. The van der Waals surface area contributed by atoms with Gasteiger partial charge in [-0.1, -0.05) is 53.2 Å². The second-order valence-electron chi connectivity index (χ2n) is 7.27. The molecule has 9 heteroatoms. The molecule has 2 aromatic carbocycles. The number of carbonyl (C=O) groups is 1. The summed E-state index contributed by atoms with van der Waals surface area (Å²) in [7, 11) is 2.11. The van der Waals surface area contributed by atoms with E-state index in [1.54, 1.807) is 0 Å². The highest BCUT2D eigenvalue weighted by Crippen LogP contribution is 2.35. The number of carbonyl (C=O) groups excluding carboxylic acids is 1. The van der Waals surface area contributed by atoms with E-state index >= 15 is 0 Å². The summed E-state index contributed by atoms with van der Waals surface area (Å²) in [5.74, 6) is 0.202. The Bertz CT molecular complexity index is 1050. The Morgan fingerprint density at radius 2 is 1.87 bits per heavy atom. The van der Waals surface area contributed by atoms with Gasteiger partial charge in [-0.05, 0) is 31.3 Å². The van der Waals surface area contributed by atoms with Crippen LogP contribution in [-0.2, 0) is 4.79 Å². The number of amides is 1. The molecule has 4 rings (SSSR count). The van der Waals surface area contributed by atoms with Crippen molar-refractivity contribution in [3.8, 4) is 11.3 Å². The molecule has 1 N–H and O–H groups in total. The minimum absolute atomic E-state index is 0.0779. The van der Waals surface area contributed by atoms with Crippen molar-refractivity contribution in [2.75, 3.05) is 49.2 Å². The summed E-state index contributed by atoms with van der Waals surface area (Å²) in [6.45, 7) is 3.69. The molecule has 162 valence electrons. The Balaban J connectivity index is 1.38. The van der Waals surface area contributed by atoms with E-state index in [0.717, 1.165) is 53.2 Å². The van der Waals surface area contributed by atoms with Crippen LogP contribution in [0.3, 0.4) is 0 Å². The van der Waals surface area contributed by atoms with Crippen LogP contribution in [0, 0.1) is 0 Å². The molecule has 0 aliphatic carbocycles. The Morgan fingerprint density at radius 3 is 2.61 bits per heavy atom. The quantitative estimate of drug-likeness (QED) is 0.453. The molecule has 0 saturated carbocycles. The number of nitrogens with one attached hydrogen (secondary N) is 1. The van der Waals surface area contributed by atoms with E-state index in [4.69, 9.17) is 23.2 Å². The number of benzene rings is 2. The monoisotopic (exact) mass is 492 g/mol. The summed E-state index contributed by atoms with van der Waals surface area (Å²) >= 11 is 15.4. The molecule has 3 aromatic rings. The first kappa shape index (κ1) is 22.4. The van der Waals surface area contributed by atoms with Crippen LogP contribution < -0.4 is 10.2 Å². The molecule has 0 unspecified atom stereocenters. The van der Waals surface area contributed by atoms with Crippen molar-refractivity contribution in [1.29, 1.82) is 0 Å². The number of halogens is 2. The molecule has 31 heavy (non-hydrogen) atoms. The van der Waals surface area contributed by atoms with Gasteiger partial charge in [-0.15, -0.1) is 11.3 Å². The van der Waals surface area contributed by atoms with E-state index in [1.165, 1.54) is 23.1 Å². The number of thiazole rings is 1. The van der Waals surface area contributed by atoms with Crippen molar-refractivity contribution in [2.45, 2.75) is 4.34 Å². The van der Waals surface area contributed by atoms with Crippen molar-refractivity contribution in [1.82, 2.24) is 9.88 Å². The number of thioether (sulfide) groups is 1. The maximum Gasteiger partial charge on any atom is 0.234 e. The normalized spacial score (nSPS) is 14.6. The third-order valence-corrected chi connectivity index (χ3v) is 7.61.